The molecule has 0 saturated heterocycles. The number of rotatable bonds is 4. The van der Waals surface area contributed by atoms with Crippen molar-refractivity contribution in [3.8, 4) is 17.6 Å². The highest BCUT2D eigenvalue weighted by Gasteiger charge is 2.23. The molecule has 0 aromatic carbocycles. The number of nitrogens with zero attached hydrogens (tertiary/aromatic N) is 5. The summed E-state index contributed by atoms with van der Waals surface area (Å²) in [5, 5.41) is 15.9. The van der Waals surface area contributed by atoms with Gasteiger partial charge in [-0.05, 0) is 18.6 Å². The van der Waals surface area contributed by atoms with Crippen LogP contribution in [0.1, 0.15) is 18.9 Å². The maximum atomic E-state index is 11.5. The standard InChI is InChI=1S/C11H10ClN5O2S/c1-2-5-17-10(15-16-11(17)20(12,18)19)9-4-3-8(6-13)7-14-9/h3-4,7H,2,5H2,1H3. The fourth-order valence-corrected chi connectivity index (χ4v) is 2.60. The number of nitriles is 1. The zero-order chi connectivity index (χ0) is 14.8. The van der Waals surface area contributed by atoms with E-state index in [0.29, 0.717) is 30.0 Å². The maximum Gasteiger partial charge on any atom is 0.296 e. The van der Waals surface area contributed by atoms with E-state index in [1.165, 1.54) is 10.8 Å². The highest BCUT2D eigenvalue weighted by atomic mass is 35.7. The van der Waals surface area contributed by atoms with Gasteiger partial charge in [0.25, 0.3) is 14.2 Å². The van der Waals surface area contributed by atoms with E-state index >= 15 is 0 Å². The van der Waals surface area contributed by atoms with Crippen LogP contribution in [0, 0.1) is 11.3 Å². The fraction of sp³-hybridized carbons (Fsp3) is 0.273. The van der Waals surface area contributed by atoms with Crippen LogP contribution < -0.4 is 0 Å². The van der Waals surface area contributed by atoms with E-state index in [1.807, 2.05) is 13.0 Å². The molecule has 0 aliphatic heterocycles. The van der Waals surface area contributed by atoms with E-state index in [4.69, 9.17) is 15.9 Å². The van der Waals surface area contributed by atoms with Gasteiger partial charge >= 0.3 is 0 Å². The first-order valence-electron chi connectivity index (χ1n) is 5.71. The van der Waals surface area contributed by atoms with Gasteiger partial charge in [-0.2, -0.15) is 5.26 Å². The Labute approximate surface area is 120 Å². The molecule has 2 aromatic heterocycles. The zero-order valence-corrected chi connectivity index (χ0v) is 12.1. The lowest BCUT2D eigenvalue weighted by molar-refractivity contribution is 0.569. The first kappa shape index (κ1) is 14.4. The van der Waals surface area contributed by atoms with Crippen molar-refractivity contribution in [3.05, 3.63) is 23.9 Å². The average molecular weight is 312 g/mol. The quantitative estimate of drug-likeness (QED) is 0.794. The minimum Gasteiger partial charge on any atom is -0.296 e. The summed E-state index contributed by atoms with van der Waals surface area (Å²) in [7, 11) is 1.36. The molecule has 0 saturated carbocycles. The average Bonchev–Trinajstić information content (AvgIpc) is 2.83. The number of pyridine rings is 1. The molecule has 2 heterocycles. The Morgan fingerprint density at radius 3 is 2.65 bits per heavy atom. The van der Waals surface area contributed by atoms with Crippen LogP contribution in [0.15, 0.2) is 23.5 Å². The van der Waals surface area contributed by atoms with Crippen molar-refractivity contribution >= 4 is 19.7 Å². The highest BCUT2D eigenvalue weighted by Crippen LogP contribution is 2.21. The summed E-state index contributed by atoms with van der Waals surface area (Å²) < 4.78 is 24.3. The van der Waals surface area contributed by atoms with E-state index < -0.39 is 9.05 Å². The van der Waals surface area contributed by atoms with E-state index in [9.17, 15) is 8.42 Å². The number of hydrogen-bond donors (Lipinski definition) is 0. The largest absolute Gasteiger partial charge is 0.296 e. The van der Waals surface area contributed by atoms with Gasteiger partial charge < -0.3 is 0 Å². The highest BCUT2D eigenvalue weighted by molar-refractivity contribution is 8.13. The van der Waals surface area contributed by atoms with Crippen molar-refractivity contribution in [3.63, 3.8) is 0 Å². The summed E-state index contributed by atoms with van der Waals surface area (Å²) in [6.45, 7) is 2.28. The van der Waals surface area contributed by atoms with Gasteiger partial charge in [0, 0.05) is 23.4 Å². The molecule has 0 spiro atoms. The Morgan fingerprint density at radius 1 is 1.40 bits per heavy atom. The van der Waals surface area contributed by atoms with Crippen molar-refractivity contribution in [1.29, 1.82) is 5.26 Å². The van der Waals surface area contributed by atoms with E-state index in [-0.39, 0.29) is 5.16 Å². The van der Waals surface area contributed by atoms with E-state index in [1.54, 1.807) is 12.1 Å². The van der Waals surface area contributed by atoms with Crippen molar-refractivity contribution in [2.45, 2.75) is 25.0 Å². The van der Waals surface area contributed by atoms with Crippen LogP contribution in [-0.4, -0.2) is 28.2 Å². The molecule has 0 fully saturated rings. The van der Waals surface area contributed by atoms with Gasteiger partial charge in [-0.15, -0.1) is 10.2 Å². The van der Waals surface area contributed by atoms with Crippen LogP contribution in [-0.2, 0) is 15.6 Å². The SMILES string of the molecule is CCCn1c(-c2ccc(C#N)cn2)nnc1S(=O)(=O)Cl. The summed E-state index contributed by atoms with van der Waals surface area (Å²) in [4.78, 5) is 4.07. The molecular weight excluding hydrogens is 302 g/mol. The second kappa shape index (κ2) is 5.56. The Morgan fingerprint density at radius 2 is 2.15 bits per heavy atom. The summed E-state index contributed by atoms with van der Waals surface area (Å²) >= 11 is 0. The molecule has 0 amide bonds. The van der Waals surface area contributed by atoms with Gasteiger partial charge in [-0.1, -0.05) is 6.92 Å². The van der Waals surface area contributed by atoms with Crippen LogP contribution in [0.2, 0.25) is 0 Å². The van der Waals surface area contributed by atoms with Crippen LogP contribution in [0.3, 0.4) is 0 Å². The van der Waals surface area contributed by atoms with Crippen molar-refractivity contribution < 1.29 is 8.42 Å². The van der Waals surface area contributed by atoms with E-state index in [2.05, 4.69) is 15.2 Å². The molecule has 0 bridgehead atoms. The van der Waals surface area contributed by atoms with Gasteiger partial charge in [0.2, 0.25) is 0 Å². The maximum absolute atomic E-state index is 11.5. The Kier molecular flexibility index (Phi) is 4.01. The fourth-order valence-electron chi connectivity index (χ4n) is 1.68. The third-order valence-electron chi connectivity index (χ3n) is 2.50. The zero-order valence-electron chi connectivity index (χ0n) is 10.5. The lowest BCUT2D eigenvalue weighted by Gasteiger charge is -2.06. The molecule has 9 heteroatoms. The normalized spacial score (nSPS) is 11.2. The molecule has 20 heavy (non-hydrogen) atoms. The number of hydrogen-bond acceptors (Lipinski definition) is 6. The Hall–Kier alpha value is -1.98. The van der Waals surface area contributed by atoms with Crippen LogP contribution in [0.5, 0.6) is 0 Å². The molecule has 2 rings (SSSR count). The van der Waals surface area contributed by atoms with Gasteiger partial charge in [-0.25, -0.2) is 8.42 Å². The minimum absolute atomic E-state index is 0.301. The molecule has 0 N–H and O–H groups in total. The van der Waals surface area contributed by atoms with Crippen LogP contribution in [0.4, 0.5) is 0 Å². The summed E-state index contributed by atoms with van der Waals surface area (Å²) in [5.41, 5.74) is 0.831. The van der Waals surface area contributed by atoms with Gasteiger partial charge in [0.15, 0.2) is 5.82 Å². The first-order valence-corrected chi connectivity index (χ1v) is 8.02. The molecule has 0 radical (unpaired) electrons. The van der Waals surface area contributed by atoms with Gasteiger partial charge in [0.05, 0.1) is 5.56 Å². The third-order valence-corrected chi connectivity index (χ3v) is 3.66. The smallest absolute Gasteiger partial charge is 0.296 e. The van der Waals surface area contributed by atoms with Crippen LogP contribution in [0.25, 0.3) is 11.5 Å². The first-order chi connectivity index (χ1) is 9.47. The minimum atomic E-state index is -3.97. The molecule has 0 aliphatic rings. The molecule has 104 valence electrons. The Bertz CT molecular complexity index is 761. The van der Waals surface area contributed by atoms with Crippen LogP contribution >= 0.6 is 10.7 Å². The summed E-state index contributed by atoms with van der Waals surface area (Å²) in [5.74, 6) is 0.301. The van der Waals surface area contributed by atoms with Gasteiger partial charge in [-0.3, -0.25) is 9.55 Å². The molecule has 0 aliphatic carbocycles. The molecule has 7 nitrogen and oxygen atoms in total. The molecular formula is C11H10ClN5O2S. The lowest BCUT2D eigenvalue weighted by Crippen LogP contribution is -2.08. The van der Waals surface area contributed by atoms with Crippen molar-refractivity contribution in [1.82, 2.24) is 19.7 Å². The topological polar surface area (TPSA) is 102 Å². The van der Waals surface area contributed by atoms with E-state index in [0.717, 1.165) is 0 Å². The number of halogens is 1. The van der Waals surface area contributed by atoms with Crippen molar-refractivity contribution in [2.75, 3.05) is 0 Å². The summed E-state index contributed by atoms with van der Waals surface area (Å²) in [6.07, 6.45) is 2.07. The predicted octanol–water partition coefficient (Wildman–Crippen LogP) is 1.55. The molecule has 0 atom stereocenters. The van der Waals surface area contributed by atoms with Crippen molar-refractivity contribution in [2.24, 2.45) is 0 Å². The molecule has 0 unspecified atom stereocenters. The van der Waals surface area contributed by atoms with Gasteiger partial charge in [0.1, 0.15) is 11.8 Å². The second-order valence-corrected chi connectivity index (χ2v) is 6.40. The third kappa shape index (κ3) is 2.79. The molecule has 2 aromatic rings. The second-order valence-electron chi connectivity index (χ2n) is 3.94. The predicted molar refractivity (Wildman–Crippen MR) is 71.3 cm³/mol. The lowest BCUT2D eigenvalue weighted by atomic mass is 10.2. The Balaban J connectivity index is 2.56. The summed E-state index contributed by atoms with van der Waals surface area (Å²) in [6, 6.07) is 5.11. The number of aromatic nitrogens is 4. The monoisotopic (exact) mass is 311 g/mol.